The molecular weight excluding hydrogens is 665 g/mol. The minimum absolute atomic E-state index is 0.232. The molecule has 0 fully saturated rings. The van der Waals surface area contributed by atoms with E-state index in [1.807, 2.05) is 0 Å². The first-order valence-electron chi connectivity index (χ1n) is 19.4. The first kappa shape index (κ1) is 31.7. The van der Waals surface area contributed by atoms with E-state index in [0.29, 0.717) is 5.92 Å². The number of para-hydroxylation sites is 2. The molecule has 0 aliphatic heterocycles. The molecule has 260 valence electrons. The quantitative estimate of drug-likeness (QED) is 0.129. The van der Waals surface area contributed by atoms with E-state index >= 15 is 0 Å². The highest BCUT2D eigenvalue weighted by Gasteiger charge is 2.25. The van der Waals surface area contributed by atoms with Crippen LogP contribution in [0, 0.1) is 0 Å². The van der Waals surface area contributed by atoms with Crippen molar-refractivity contribution >= 4 is 54.1 Å². The van der Waals surface area contributed by atoms with Crippen molar-refractivity contribution in [3.63, 3.8) is 0 Å². The fourth-order valence-electron chi connectivity index (χ4n) is 9.21. The Kier molecular flexibility index (Phi) is 7.48. The van der Waals surface area contributed by atoms with Gasteiger partial charge in [0.1, 0.15) is 5.82 Å². The molecule has 0 N–H and O–H groups in total. The molecule has 2 heteroatoms. The van der Waals surface area contributed by atoms with E-state index < -0.39 is 0 Å². The van der Waals surface area contributed by atoms with Crippen molar-refractivity contribution in [3.8, 4) is 33.6 Å². The number of aromatic nitrogens is 2. The number of benzene rings is 9. The lowest BCUT2D eigenvalue weighted by Gasteiger charge is -2.27. The lowest BCUT2D eigenvalue weighted by atomic mass is 9.82. The summed E-state index contributed by atoms with van der Waals surface area (Å²) >= 11 is 0. The third-order valence-corrected chi connectivity index (χ3v) is 11.9. The standard InChI is InChI=1S/C53H38N2/c1-2-14-38(15-3-1)53-54-49-20-10-11-21-50(49)55(53)44-29-26-37(27-30-44)41-28-31-47-48(34-41)52(43-25-23-36-13-5-7-17-40(36)33-43)46-19-9-8-18-45(46)51(47)42-24-22-35-12-4-6-16-39(35)32-42/h1-26,28-29,31-34,37,44H,27,30H2/t37?,44-/m1/s1. The van der Waals surface area contributed by atoms with Crippen molar-refractivity contribution in [2.75, 3.05) is 0 Å². The average Bonchev–Trinajstić information content (AvgIpc) is 3.65. The van der Waals surface area contributed by atoms with Crippen LogP contribution in [0.25, 0.3) is 87.8 Å². The molecule has 0 bridgehead atoms. The van der Waals surface area contributed by atoms with E-state index in [9.17, 15) is 0 Å². The highest BCUT2D eigenvalue weighted by Crippen LogP contribution is 2.46. The summed E-state index contributed by atoms with van der Waals surface area (Å²) in [6.45, 7) is 0. The fourth-order valence-corrected chi connectivity index (χ4v) is 9.21. The van der Waals surface area contributed by atoms with E-state index in [1.165, 1.54) is 76.4 Å². The lowest BCUT2D eigenvalue weighted by Crippen LogP contribution is -2.14. The molecule has 2 atom stereocenters. The Morgan fingerprint density at radius 3 is 1.67 bits per heavy atom. The van der Waals surface area contributed by atoms with Crippen molar-refractivity contribution in [2.24, 2.45) is 0 Å². The first-order valence-corrected chi connectivity index (χ1v) is 19.4. The molecule has 0 amide bonds. The summed E-state index contributed by atoms with van der Waals surface area (Å²) in [6.07, 6.45) is 6.99. The number of allylic oxidation sites excluding steroid dienone is 2. The smallest absolute Gasteiger partial charge is 0.141 e. The summed E-state index contributed by atoms with van der Waals surface area (Å²) in [7, 11) is 0. The number of nitrogens with zero attached hydrogens (tertiary/aromatic N) is 2. The zero-order chi connectivity index (χ0) is 36.3. The van der Waals surface area contributed by atoms with Gasteiger partial charge in [0.25, 0.3) is 0 Å². The second-order valence-corrected chi connectivity index (χ2v) is 15.0. The summed E-state index contributed by atoms with van der Waals surface area (Å²) in [5.41, 5.74) is 9.85. The van der Waals surface area contributed by atoms with Gasteiger partial charge in [-0.3, -0.25) is 0 Å². The van der Waals surface area contributed by atoms with Crippen molar-refractivity contribution in [1.29, 1.82) is 0 Å². The number of hydrogen-bond donors (Lipinski definition) is 0. The van der Waals surface area contributed by atoms with Gasteiger partial charge in [-0.1, -0.05) is 164 Å². The van der Waals surface area contributed by atoms with Gasteiger partial charge in [0.05, 0.1) is 17.1 Å². The topological polar surface area (TPSA) is 17.8 Å². The minimum Gasteiger partial charge on any atom is -0.317 e. The van der Waals surface area contributed by atoms with Crippen LogP contribution < -0.4 is 0 Å². The Hall–Kier alpha value is -6.77. The summed E-state index contributed by atoms with van der Waals surface area (Å²) in [5.74, 6) is 1.35. The number of rotatable bonds is 5. The fraction of sp³-hybridized carbons (Fsp3) is 0.0755. The summed E-state index contributed by atoms with van der Waals surface area (Å²) in [4.78, 5) is 5.13. The maximum absolute atomic E-state index is 5.13. The van der Waals surface area contributed by atoms with Gasteiger partial charge >= 0.3 is 0 Å². The van der Waals surface area contributed by atoms with Crippen LogP contribution in [0.1, 0.15) is 30.4 Å². The largest absolute Gasteiger partial charge is 0.317 e. The zero-order valence-electron chi connectivity index (χ0n) is 30.4. The van der Waals surface area contributed by atoms with Crippen LogP contribution >= 0.6 is 0 Å². The molecule has 0 saturated carbocycles. The van der Waals surface area contributed by atoms with E-state index in [2.05, 4.69) is 199 Å². The summed E-state index contributed by atoms with van der Waals surface area (Å²) < 4.78 is 2.46. The maximum atomic E-state index is 5.13. The molecule has 1 unspecified atom stereocenters. The molecule has 1 aliphatic rings. The number of hydrogen-bond acceptors (Lipinski definition) is 1. The molecule has 0 radical (unpaired) electrons. The molecule has 1 heterocycles. The molecular formula is C53H38N2. The number of fused-ring (bicyclic) bond motifs is 5. The van der Waals surface area contributed by atoms with Crippen molar-refractivity contribution in [1.82, 2.24) is 9.55 Å². The Morgan fingerprint density at radius 1 is 0.418 bits per heavy atom. The zero-order valence-corrected chi connectivity index (χ0v) is 30.4. The van der Waals surface area contributed by atoms with Crippen LogP contribution in [0.4, 0.5) is 0 Å². The maximum Gasteiger partial charge on any atom is 0.141 e. The van der Waals surface area contributed by atoms with Gasteiger partial charge in [-0.25, -0.2) is 4.98 Å². The second-order valence-electron chi connectivity index (χ2n) is 15.0. The molecule has 0 saturated heterocycles. The molecule has 1 aliphatic carbocycles. The Labute approximate surface area is 320 Å². The van der Waals surface area contributed by atoms with Gasteiger partial charge in [-0.15, -0.1) is 0 Å². The molecule has 0 spiro atoms. The van der Waals surface area contributed by atoms with Crippen molar-refractivity contribution < 1.29 is 0 Å². The Balaban J connectivity index is 1.09. The van der Waals surface area contributed by atoms with Crippen LogP contribution in [0.5, 0.6) is 0 Å². The van der Waals surface area contributed by atoms with Crippen LogP contribution in [0.15, 0.2) is 194 Å². The van der Waals surface area contributed by atoms with E-state index in [4.69, 9.17) is 4.98 Å². The van der Waals surface area contributed by atoms with E-state index in [0.717, 1.165) is 29.7 Å². The molecule has 9 aromatic carbocycles. The SMILES string of the molecule is C1=C[C@@H](n2c(-c3ccccc3)nc3ccccc32)CCC1c1ccc2c(-c3ccc4ccccc4c3)c3ccccc3c(-c3ccc4ccccc4c3)c2c1. The van der Waals surface area contributed by atoms with Gasteiger partial charge < -0.3 is 4.57 Å². The molecule has 11 rings (SSSR count). The Bertz CT molecular complexity index is 3110. The van der Waals surface area contributed by atoms with Gasteiger partial charge in [0, 0.05) is 11.5 Å². The predicted octanol–water partition coefficient (Wildman–Crippen LogP) is 14.3. The highest BCUT2D eigenvalue weighted by atomic mass is 15.1. The lowest BCUT2D eigenvalue weighted by molar-refractivity contribution is 0.506. The predicted molar refractivity (Wildman–Crippen MR) is 233 cm³/mol. The molecule has 2 nitrogen and oxygen atoms in total. The van der Waals surface area contributed by atoms with Gasteiger partial charge in [0.2, 0.25) is 0 Å². The average molecular weight is 703 g/mol. The molecule has 1 aromatic heterocycles. The van der Waals surface area contributed by atoms with Crippen molar-refractivity contribution in [3.05, 3.63) is 200 Å². The van der Waals surface area contributed by atoms with E-state index in [1.54, 1.807) is 0 Å². The highest BCUT2D eigenvalue weighted by molar-refractivity contribution is 6.22. The van der Waals surface area contributed by atoms with Crippen LogP contribution in [-0.2, 0) is 0 Å². The third kappa shape index (κ3) is 5.36. The monoisotopic (exact) mass is 702 g/mol. The Morgan fingerprint density at radius 2 is 1.00 bits per heavy atom. The minimum atomic E-state index is 0.232. The first-order chi connectivity index (χ1) is 27.3. The second kappa shape index (κ2) is 13.0. The van der Waals surface area contributed by atoms with Crippen molar-refractivity contribution in [2.45, 2.75) is 24.8 Å². The third-order valence-electron chi connectivity index (χ3n) is 11.9. The normalized spacial score (nSPS) is 15.8. The van der Waals surface area contributed by atoms with Gasteiger partial charge in [0.15, 0.2) is 0 Å². The van der Waals surface area contributed by atoms with E-state index in [-0.39, 0.29) is 6.04 Å². The van der Waals surface area contributed by atoms with Gasteiger partial charge in [-0.2, -0.15) is 0 Å². The summed E-state index contributed by atoms with van der Waals surface area (Å²) in [6, 6.07) is 67.0. The van der Waals surface area contributed by atoms with Crippen LogP contribution in [0.3, 0.4) is 0 Å². The number of imidazole rings is 1. The molecule has 55 heavy (non-hydrogen) atoms. The molecule has 10 aromatic rings. The van der Waals surface area contributed by atoms with Crippen LogP contribution in [0.2, 0.25) is 0 Å². The van der Waals surface area contributed by atoms with Crippen LogP contribution in [-0.4, -0.2) is 9.55 Å². The van der Waals surface area contributed by atoms with Gasteiger partial charge in [-0.05, 0) is 114 Å². The summed E-state index contributed by atoms with van der Waals surface area (Å²) in [5, 5.41) is 10.2.